The maximum absolute atomic E-state index is 13.2. The number of aliphatic hydroxyl groups is 1. The molecule has 3 atom stereocenters. The van der Waals surface area contributed by atoms with Crippen LogP contribution in [0.25, 0.3) is 0 Å². The summed E-state index contributed by atoms with van der Waals surface area (Å²) in [5.41, 5.74) is -1.64. The quantitative estimate of drug-likeness (QED) is 0.847. The second-order valence-electron chi connectivity index (χ2n) is 4.54. The van der Waals surface area contributed by atoms with Crippen molar-refractivity contribution in [1.82, 2.24) is 0 Å². The molecule has 1 aliphatic carbocycles. The predicted molar refractivity (Wildman–Crippen MR) is 60.2 cm³/mol. The molecule has 0 radical (unpaired) electrons. The summed E-state index contributed by atoms with van der Waals surface area (Å²) in [5, 5.41) is 19.7. The molecule has 0 aliphatic heterocycles. The summed E-state index contributed by atoms with van der Waals surface area (Å²) >= 11 is 0. The van der Waals surface area contributed by atoms with E-state index in [2.05, 4.69) is 0 Å². The van der Waals surface area contributed by atoms with Gasteiger partial charge in [0.1, 0.15) is 6.17 Å². The van der Waals surface area contributed by atoms with Crippen LogP contribution < -0.4 is 0 Å². The summed E-state index contributed by atoms with van der Waals surface area (Å²) < 4.78 is 13.2. The van der Waals surface area contributed by atoms with Crippen molar-refractivity contribution < 1.29 is 19.4 Å². The van der Waals surface area contributed by atoms with E-state index in [1.165, 1.54) is 0 Å². The number of benzene rings is 1. The molecule has 0 spiro atoms. The Hall–Kier alpha value is -1.42. The molecule has 1 aromatic carbocycles. The Labute approximate surface area is 98.9 Å². The van der Waals surface area contributed by atoms with Crippen molar-refractivity contribution in [3.05, 3.63) is 35.9 Å². The van der Waals surface area contributed by atoms with Crippen LogP contribution in [0.1, 0.15) is 24.8 Å². The third kappa shape index (κ3) is 2.05. The largest absolute Gasteiger partial charge is 0.479 e. The molecule has 1 aliphatic rings. The smallest absolute Gasteiger partial charge is 0.340 e. The lowest BCUT2D eigenvalue weighted by Gasteiger charge is -2.30. The number of carbonyl (C=O) groups is 1. The van der Waals surface area contributed by atoms with Gasteiger partial charge in [0.15, 0.2) is 5.60 Å². The van der Waals surface area contributed by atoms with Crippen LogP contribution in [0.3, 0.4) is 0 Å². The van der Waals surface area contributed by atoms with E-state index in [9.17, 15) is 19.4 Å². The zero-order valence-corrected chi connectivity index (χ0v) is 9.34. The van der Waals surface area contributed by atoms with E-state index in [-0.39, 0.29) is 6.42 Å². The second kappa shape index (κ2) is 4.45. The summed E-state index contributed by atoms with van der Waals surface area (Å²) in [6.07, 6.45) is -0.168. The Morgan fingerprint density at radius 2 is 1.94 bits per heavy atom. The van der Waals surface area contributed by atoms with Crippen molar-refractivity contribution in [3.8, 4) is 0 Å². The topological polar surface area (TPSA) is 57.5 Å². The fraction of sp³-hybridized carbons (Fsp3) is 0.462. The van der Waals surface area contributed by atoms with Crippen LogP contribution in [0, 0.1) is 5.92 Å². The van der Waals surface area contributed by atoms with Gasteiger partial charge in [-0.25, -0.2) is 9.18 Å². The van der Waals surface area contributed by atoms with Crippen molar-refractivity contribution in [3.63, 3.8) is 0 Å². The highest BCUT2D eigenvalue weighted by Gasteiger charge is 2.48. The van der Waals surface area contributed by atoms with Gasteiger partial charge in [0.05, 0.1) is 0 Å². The first-order chi connectivity index (χ1) is 8.05. The third-order valence-corrected chi connectivity index (χ3v) is 3.50. The number of alkyl halides is 1. The highest BCUT2D eigenvalue weighted by atomic mass is 19.1. The van der Waals surface area contributed by atoms with Crippen molar-refractivity contribution in [2.45, 2.75) is 31.0 Å². The summed E-state index contributed by atoms with van der Waals surface area (Å²) in [6, 6.07) is 8.23. The van der Waals surface area contributed by atoms with Crippen LogP contribution in [-0.2, 0) is 10.4 Å². The zero-order chi connectivity index (χ0) is 12.5. The van der Waals surface area contributed by atoms with Crippen molar-refractivity contribution >= 4 is 5.97 Å². The van der Waals surface area contributed by atoms with Gasteiger partial charge in [0.25, 0.3) is 0 Å². The van der Waals surface area contributed by atoms with Gasteiger partial charge in [0, 0.05) is 5.92 Å². The highest BCUT2D eigenvalue weighted by Crippen LogP contribution is 2.41. The van der Waals surface area contributed by atoms with Gasteiger partial charge in [0.2, 0.25) is 0 Å². The fourth-order valence-electron chi connectivity index (χ4n) is 2.53. The zero-order valence-electron chi connectivity index (χ0n) is 9.34. The average Bonchev–Trinajstić information content (AvgIpc) is 2.76. The van der Waals surface area contributed by atoms with E-state index in [0.29, 0.717) is 18.4 Å². The van der Waals surface area contributed by atoms with Gasteiger partial charge in [-0.05, 0) is 24.8 Å². The minimum atomic E-state index is -1.97. The molecule has 0 aromatic heterocycles. The molecule has 4 heteroatoms. The van der Waals surface area contributed by atoms with Gasteiger partial charge < -0.3 is 10.2 Å². The molecule has 0 saturated heterocycles. The number of rotatable bonds is 3. The van der Waals surface area contributed by atoms with E-state index in [1.807, 2.05) is 0 Å². The van der Waals surface area contributed by atoms with Gasteiger partial charge in [-0.2, -0.15) is 0 Å². The molecule has 0 amide bonds. The Morgan fingerprint density at radius 3 is 2.41 bits per heavy atom. The molecule has 1 fully saturated rings. The number of halogens is 1. The van der Waals surface area contributed by atoms with Crippen LogP contribution in [0.5, 0.6) is 0 Å². The summed E-state index contributed by atoms with van der Waals surface area (Å²) in [5.74, 6) is -1.86. The molecule has 3 nitrogen and oxygen atoms in total. The summed E-state index contributed by atoms with van der Waals surface area (Å²) in [6.45, 7) is 0. The maximum Gasteiger partial charge on any atom is 0.340 e. The minimum Gasteiger partial charge on any atom is -0.479 e. The van der Waals surface area contributed by atoms with Gasteiger partial charge in [-0.3, -0.25) is 0 Å². The number of carboxylic acids is 1. The first-order valence-corrected chi connectivity index (χ1v) is 5.70. The average molecular weight is 238 g/mol. The van der Waals surface area contributed by atoms with E-state index >= 15 is 0 Å². The van der Waals surface area contributed by atoms with Gasteiger partial charge >= 0.3 is 5.97 Å². The van der Waals surface area contributed by atoms with Gasteiger partial charge in [-0.1, -0.05) is 30.3 Å². The fourth-order valence-corrected chi connectivity index (χ4v) is 2.53. The Balaban J connectivity index is 2.37. The van der Waals surface area contributed by atoms with E-state index < -0.39 is 23.7 Å². The molecule has 2 rings (SSSR count). The Morgan fingerprint density at radius 1 is 1.29 bits per heavy atom. The standard InChI is InChI=1S/C13H15FO3/c14-11-7-6-10(8-11)13(17,12(15)16)9-4-2-1-3-5-9/h1-5,10-11,17H,6-8H2,(H,15,16)/t10?,11?,13-/m0/s1. The molecular formula is C13H15FO3. The lowest BCUT2D eigenvalue weighted by atomic mass is 9.80. The van der Waals surface area contributed by atoms with E-state index in [1.54, 1.807) is 30.3 Å². The van der Waals surface area contributed by atoms with Crippen molar-refractivity contribution in [2.24, 2.45) is 5.92 Å². The molecule has 1 aromatic rings. The normalized spacial score (nSPS) is 27.6. The minimum absolute atomic E-state index is 0.109. The van der Waals surface area contributed by atoms with Crippen LogP contribution in [-0.4, -0.2) is 22.4 Å². The first kappa shape index (κ1) is 12.0. The molecule has 92 valence electrons. The molecule has 2 N–H and O–H groups in total. The van der Waals surface area contributed by atoms with E-state index in [0.717, 1.165) is 0 Å². The number of hydrogen-bond donors (Lipinski definition) is 2. The summed E-state index contributed by atoms with van der Waals surface area (Å²) in [7, 11) is 0. The van der Waals surface area contributed by atoms with Crippen LogP contribution in [0.2, 0.25) is 0 Å². The van der Waals surface area contributed by atoms with Crippen molar-refractivity contribution in [1.29, 1.82) is 0 Å². The Kier molecular flexibility index (Phi) is 3.15. The Bertz CT molecular complexity index is 406. The molecule has 17 heavy (non-hydrogen) atoms. The van der Waals surface area contributed by atoms with Crippen LogP contribution in [0.4, 0.5) is 4.39 Å². The van der Waals surface area contributed by atoms with Crippen LogP contribution >= 0.6 is 0 Å². The molecule has 2 unspecified atom stereocenters. The number of aliphatic carboxylic acids is 1. The molecule has 1 saturated carbocycles. The number of carboxylic acid groups (broad SMARTS) is 1. The number of hydrogen-bond acceptors (Lipinski definition) is 2. The molecule has 0 bridgehead atoms. The summed E-state index contributed by atoms with van der Waals surface area (Å²) in [4.78, 5) is 11.3. The highest BCUT2D eigenvalue weighted by molar-refractivity contribution is 5.79. The lowest BCUT2D eigenvalue weighted by Crippen LogP contribution is -2.42. The van der Waals surface area contributed by atoms with Crippen LogP contribution in [0.15, 0.2) is 30.3 Å². The van der Waals surface area contributed by atoms with Gasteiger partial charge in [-0.15, -0.1) is 0 Å². The van der Waals surface area contributed by atoms with E-state index in [4.69, 9.17) is 0 Å². The first-order valence-electron chi connectivity index (χ1n) is 5.70. The predicted octanol–water partition coefficient (Wildman–Crippen LogP) is 2.10. The van der Waals surface area contributed by atoms with Crippen molar-refractivity contribution in [2.75, 3.05) is 0 Å². The lowest BCUT2D eigenvalue weighted by molar-refractivity contribution is -0.166. The second-order valence-corrected chi connectivity index (χ2v) is 4.54. The molecule has 0 heterocycles. The molecular weight excluding hydrogens is 223 g/mol. The SMILES string of the molecule is O=C(O)[C@](O)(c1ccccc1)C1CCC(F)C1. The maximum atomic E-state index is 13.2. The third-order valence-electron chi connectivity index (χ3n) is 3.50. The monoisotopic (exact) mass is 238 g/mol.